The topological polar surface area (TPSA) is 77.2 Å². The van der Waals surface area contributed by atoms with E-state index in [4.69, 9.17) is 9.15 Å². The lowest BCUT2D eigenvalue weighted by Crippen LogP contribution is -2.19. The number of para-hydroxylation sites is 1. The number of rotatable bonds is 6. The largest absolute Gasteiger partial charge is 0.497 e. The van der Waals surface area contributed by atoms with Crippen LogP contribution < -0.4 is 10.1 Å². The molecule has 3 aromatic rings. The summed E-state index contributed by atoms with van der Waals surface area (Å²) in [5.41, 5.74) is 2.65. The van der Waals surface area contributed by atoms with E-state index >= 15 is 0 Å². The van der Waals surface area contributed by atoms with E-state index in [2.05, 4.69) is 36.3 Å². The number of nitrogens with one attached hydrogen (secondary N) is 1. The number of hydrogen-bond donors (Lipinski definition) is 1. The second kappa shape index (κ2) is 8.48. The summed E-state index contributed by atoms with van der Waals surface area (Å²) in [6.07, 6.45) is 0. The summed E-state index contributed by atoms with van der Waals surface area (Å²) < 4.78 is 10.8. The second-order valence-corrected chi connectivity index (χ2v) is 8.16. The van der Waals surface area contributed by atoms with E-state index in [0.29, 0.717) is 11.1 Å². The first-order valence-corrected chi connectivity index (χ1v) is 9.85. The van der Waals surface area contributed by atoms with Crippen molar-refractivity contribution in [3.05, 3.63) is 54.1 Å². The molecule has 0 aliphatic heterocycles. The first-order chi connectivity index (χ1) is 13.4. The highest BCUT2D eigenvalue weighted by Gasteiger charge is 2.19. The van der Waals surface area contributed by atoms with Crippen LogP contribution in [0.3, 0.4) is 0 Å². The number of carbonyl (C=O) groups is 1. The van der Waals surface area contributed by atoms with Crippen LogP contribution in [-0.4, -0.2) is 29.0 Å². The Morgan fingerprint density at radius 1 is 1.11 bits per heavy atom. The quantitative estimate of drug-likeness (QED) is 0.604. The minimum absolute atomic E-state index is 0.0588. The molecule has 1 N–H and O–H groups in total. The Hall–Kier alpha value is -2.80. The van der Waals surface area contributed by atoms with E-state index in [1.807, 2.05) is 48.5 Å². The third kappa shape index (κ3) is 4.92. The van der Waals surface area contributed by atoms with Crippen molar-refractivity contribution in [1.82, 2.24) is 10.2 Å². The van der Waals surface area contributed by atoms with Crippen molar-refractivity contribution in [2.24, 2.45) is 0 Å². The number of thioether (sulfide) groups is 1. The Labute approximate surface area is 168 Å². The molecular weight excluding hydrogens is 374 g/mol. The maximum Gasteiger partial charge on any atom is 0.277 e. The molecule has 0 atom stereocenters. The maximum absolute atomic E-state index is 12.4. The molecule has 6 nitrogen and oxygen atoms in total. The van der Waals surface area contributed by atoms with Crippen molar-refractivity contribution in [1.29, 1.82) is 0 Å². The average molecular weight is 398 g/mol. The van der Waals surface area contributed by atoms with Crippen LogP contribution in [0, 0.1) is 0 Å². The molecule has 2 aromatic carbocycles. The van der Waals surface area contributed by atoms with E-state index < -0.39 is 0 Å². The average Bonchev–Trinajstić information content (AvgIpc) is 3.15. The molecule has 28 heavy (non-hydrogen) atoms. The van der Waals surface area contributed by atoms with Gasteiger partial charge in [0.15, 0.2) is 0 Å². The van der Waals surface area contributed by atoms with Crippen LogP contribution in [0.5, 0.6) is 5.75 Å². The van der Waals surface area contributed by atoms with Gasteiger partial charge in [0.05, 0.1) is 12.9 Å². The monoisotopic (exact) mass is 397 g/mol. The highest BCUT2D eigenvalue weighted by atomic mass is 32.2. The molecule has 3 rings (SSSR count). The first kappa shape index (κ1) is 19.9. The van der Waals surface area contributed by atoms with Crippen molar-refractivity contribution in [3.63, 3.8) is 0 Å². The van der Waals surface area contributed by atoms with E-state index in [1.165, 1.54) is 11.8 Å². The van der Waals surface area contributed by atoms with Crippen molar-refractivity contribution >= 4 is 23.4 Å². The van der Waals surface area contributed by atoms with Crippen LogP contribution in [0.25, 0.3) is 11.5 Å². The molecule has 0 aliphatic rings. The van der Waals surface area contributed by atoms with Gasteiger partial charge in [0.25, 0.3) is 5.22 Å². The molecule has 0 fully saturated rings. The fourth-order valence-corrected chi connectivity index (χ4v) is 3.24. The SMILES string of the molecule is COc1ccc(-c2nnc(SCC(=O)Nc3ccccc3C(C)(C)C)o2)cc1. The molecule has 7 heteroatoms. The molecule has 0 radical (unpaired) electrons. The lowest BCUT2D eigenvalue weighted by atomic mass is 9.86. The summed E-state index contributed by atoms with van der Waals surface area (Å²) in [7, 11) is 1.61. The van der Waals surface area contributed by atoms with Gasteiger partial charge in [-0.25, -0.2) is 0 Å². The van der Waals surface area contributed by atoms with E-state index in [9.17, 15) is 4.79 Å². The third-order valence-corrected chi connectivity index (χ3v) is 4.90. The number of carbonyl (C=O) groups excluding carboxylic acids is 1. The Balaban J connectivity index is 1.61. The number of ether oxygens (including phenoxy) is 1. The first-order valence-electron chi connectivity index (χ1n) is 8.87. The summed E-state index contributed by atoms with van der Waals surface area (Å²) >= 11 is 1.21. The van der Waals surface area contributed by atoms with Crippen LogP contribution in [0.15, 0.2) is 58.2 Å². The van der Waals surface area contributed by atoms with Crippen LogP contribution in [0.4, 0.5) is 5.69 Å². The Bertz CT molecular complexity index is 946. The lowest BCUT2D eigenvalue weighted by Gasteiger charge is -2.22. The number of anilines is 1. The van der Waals surface area contributed by atoms with Gasteiger partial charge in [-0.05, 0) is 41.3 Å². The summed E-state index contributed by atoms with van der Waals surface area (Å²) in [5, 5.41) is 11.4. The summed E-state index contributed by atoms with van der Waals surface area (Å²) in [6, 6.07) is 15.2. The zero-order valence-electron chi connectivity index (χ0n) is 16.4. The fourth-order valence-electron chi connectivity index (χ4n) is 2.68. The number of nitrogens with zero attached hydrogens (tertiary/aromatic N) is 2. The van der Waals surface area contributed by atoms with Gasteiger partial charge >= 0.3 is 0 Å². The van der Waals surface area contributed by atoms with E-state index in [1.54, 1.807) is 7.11 Å². The molecule has 1 heterocycles. The minimum Gasteiger partial charge on any atom is -0.497 e. The number of hydrogen-bond acceptors (Lipinski definition) is 6. The zero-order chi connectivity index (χ0) is 20.1. The number of methoxy groups -OCH3 is 1. The lowest BCUT2D eigenvalue weighted by molar-refractivity contribution is -0.113. The fraction of sp³-hybridized carbons (Fsp3) is 0.286. The third-order valence-electron chi connectivity index (χ3n) is 4.08. The molecule has 0 saturated carbocycles. The predicted molar refractivity (Wildman–Crippen MR) is 111 cm³/mol. The van der Waals surface area contributed by atoms with Crippen LogP contribution in [0.2, 0.25) is 0 Å². The molecule has 0 spiro atoms. The molecule has 1 aromatic heterocycles. The summed E-state index contributed by atoms with van der Waals surface area (Å²) in [4.78, 5) is 12.4. The second-order valence-electron chi connectivity index (χ2n) is 7.23. The van der Waals surface area contributed by atoms with Crippen molar-refractivity contribution in [2.45, 2.75) is 31.4 Å². The molecule has 0 bridgehead atoms. The zero-order valence-corrected chi connectivity index (χ0v) is 17.2. The normalized spacial score (nSPS) is 11.3. The smallest absolute Gasteiger partial charge is 0.277 e. The summed E-state index contributed by atoms with van der Waals surface area (Å²) in [5.74, 6) is 1.22. The van der Waals surface area contributed by atoms with Gasteiger partial charge in [-0.2, -0.15) is 0 Å². The molecule has 0 saturated heterocycles. The van der Waals surface area contributed by atoms with Gasteiger partial charge in [-0.15, -0.1) is 10.2 Å². The van der Waals surface area contributed by atoms with E-state index in [0.717, 1.165) is 22.6 Å². The van der Waals surface area contributed by atoms with Gasteiger partial charge in [-0.3, -0.25) is 4.79 Å². The standard InChI is InChI=1S/C21H23N3O3S/c1-21(2,3)16-7-5-6-8-17(16)22-18(25)13-28-20-24-23-19(27-20)14-9-11-15(26-4)12-10-14/h5-12H,13H2,1-4H3,(H,22,25). The highest BCUT2D eigenvalue weighted by Crippen LogP contribution is 2.30. The molecule has 0 aliphatic carbocycles. The predicted octanol–water partition coefficient (Wildman–Crippen LogP) is 4.77. The van der Waals surface area contributed by atoms with Crippen molar-refractivity contribution in [2.75, 3.05) is 18.2 Å². The number of benzene rings is 2. The Morgan fingerprint density at radius 2 is 1.82 bits per heavy atom. The Kier molecular flexibility index (Phi) is 6.04. The number of amides is 1. The van der Waals surface area contributed by atoms with Gasteiger partial charge < -0.3 is 14.5 Å². The number of aromatic nitrogens is 2. The van der Waals surface area contributed by atoms with Crippen molar-refractivity contribution in [3.8, 4) is 17.2 Å². The van der Waals surface area contributed by atoms with Gasteiger partial charge in [-0.1, -0.05) is 50.7 Å². The molecule has 0 unspecified atom stereocenters. The van der Waals surface area contributed by atoms with E-state index in [-0.39, 0.29) is 17.1 Å². The van der Waals surface area contributed by atoms with Crippen LogP contribution in [-0.2, 0) is 10.2 Å². The van der Waals surface area contributed by atoms with Gasteiger partial charge in [0.2, 0.25) is 11.8 Å². The van der Waals surface area contributed by atoms with Crippen LogP contribution in [0.1, 0.15) is 26.3 Å². The summed E-state index contributed by atoms with van der Waals surface area (Å²) in [6.45, 7) is 6.35. The molecular formula is C21H23N3O3S. The van der Waals surface area contributed by atoms with Gasteiger partial charge in [0.1, 0.15) is 5.75 Å². The maximum atomic E-state index is 12.4. The molecule has 146 valence electrons. The minimum atomic E-state index is -0.120. The molecule has 1 amide bonds. The van der Waals surface area contributed by atoms with Crippen LogP contribution >= 0.6 is 11.8 Å². The Morgan fingerprint density at radius 3 is 2.50 bits per heavy atom. The van der Waals surface area contributed by atoms with Crippen molar-refractivity contribution < 1.29 is 13.9 Å². The highest BCUT2D eigenvalue weighted by molar-refractivity contribution is 7.99. The van der Waals surface area contributed by atoms with Gasteiger partial charge in [0, 0.05) is 11.3 Å².